The first-order valence-corrected chi connectivity index (χ1v) is 9.86. The van der Waals surface area contributed by atoms with Crippen molar-refractivity contribution in [1.29, 1.82) is 0 Å². The van der Waals surface area contributed by atoms with Crippen LogP contribution in [0.25, 0.3) is 27.8 Å². The fourth-order valence-corrected chi connectivity index (χ4v) is 4.55. The van der Waals surface area contributed by atoms with Crippen molar-refractivity contribution in [2.24, 2.45) is 0 Å². The lowest BCUT2D eigenvalue weighted by atomic mass is 9.80. The van der Waals surface area contributed by atoms with E-state index < -0.39 is 0 Å². The molecule has 3 aromatic rings. The van der Waals surface area contributed by atoms with Gasteiger partial charge in [0.1, 0.15) is 0 Å². The van der Waals surface area contributed by atoms with Crippen LogP contribution in [0.3, 0.4) is 0 Å². The zero-order valence-corrected chi connectivity index (χ0v) is 16.0. The highest BCUT2D eigenvalue weighted by Crippen LogP contribution is 2.50. The van der Waals surface area contributed by atoms with Crippen molar-refractivity contribution in [3.63, 3.8) is 0 Å². The molecule has 0 heteroatoms. The quantitative estimate of drug-likeness (QED) is 0.453. The van der Waals surface area contributed by atoms with Crippen molar-refractivity contribution in [2.45, 2.75) is 32.1 Å². The van der Waals surface area contributed by atoms with Gasteiger partial charge in [-0.2, -0.15) is 0 Å². The predicted molar refractivity (Wildman–Crippen MR) is 116 cm³/mol. The van der Waals surface area contributed by atoms with Gasteiger partial charge in [0.25, 0.3) is 0 Å². The Bertz CT molecular complexity index is 1080. The third kappa shape index (κ3) is 2.59. The second-order valence-corrected chi connectivity index (χ2v) is 8.15. The third-order valence-corrected chi connectivity index (χ3v) is 6.11. The van der Waals surface area contributed by atoms with Gasteiger partial charge in [0.15, 0.2) is 0 Å². The smallest absolute Gasteiger partial charge is 0.0159 e. The Morgan fingerprint density at radius 3 is 2.00 bits per heavy atom. The molecule has 0 heterocycles. The Morgan fingerprint density at radius 2 is 1.33 bits per heavy atom. The van der Waals surface area contributed by atoms with E-state index in [-0.39, 0.29) is 5.41 Å². The van der Waals surface area contributed by atoms with E-state index in [1.165, 1.54) is 44.5 Å². The molecule has 0 N–H and O–H groups in total. The molecule has 0 atom stereocenters. The largest absolute Gasteiger partial charge is 0.0836 e. The van der Waals surface area contributed by atoms with Crippen molar-refractivity contribution in [3.05, 3.63) is 102 Å². The lowest BCUT2D eigenvalue weighted by molar-refractivity contribution is 0.660. The number of hydrogen-bond donors (Lipinski definition) is 0. The zero-order chi connectivity index (χ0) is 18.4. The fourth-order valence-electron chi connectivity index (χ4n) is 4.55. The Labute approximate surface area is 161 Å². The Balaban J connectivity index is 1.63. The first-order valence-electron chi connectivity index (χ1n) is 9.86. The third-order valence-electron chi connectivity index (χ3n) is 6.11. The van der Waals surface area contributed by atoms with Crippen LogP contribution in [-0.2, 0) is 5.41 Å². The summed E-state index contributed by atoms with van der Waals surface area (Å²) in [6, 6.07) is 24.7. The molecule has 0 unspecified atom stereocenters. The molecular weight excluding hydrogens is 324 g/mol. The Hall–Kier alpha value is -2.86. The van der Waals surface area contributed by atoms with Crippen LogP contribution in [0, 0.1) is 0 Å². The van der Waals surface area contributed by atoms with Crippen molar-refractivity contribution in [3.8, 4) is 22.3 Å². The average Bonchev–Trinajstić information content (AvgIpc) is 2.96. The van der Waals surface area contributed by atoms with Crippen LogP contribution in [-0.4, -0.2) is 0 Å². The standard InChI is InChI=1S/C27H24/c1-27(2)25-17-21(19-9-5-3-6-10-19)13-15-23(25)24-16-14-22(18-26(24)27)20-11-7-4-8-12-20/h3,5-7,9-18H,4,8H2,1-2H3. The van der Waals surface area contributed by atoms with Crippen LogP contribution in [0.5, 0.6) is 0 Å². The molecule has 0 radical (unpaired) electrons. The molecule has 0 aromatic heterocycles. The summed E-state index contributed by atoms with van der Waals surface area (Å²) in [4.78, 5) is 0. The first-order chi connectivity index (χ1) is 13.1. The van der Waals surface area contributed by atoms with Crippen molar-refractivity contribution >= 4 is 5.57 Å². The second kappa shape index (κ2) is 6.09. The van der Waals surface area contributed by atoms with Crippen LogP contribution in [0.2, 0.25) is 0 Å². The van der Waals surface area contributed by atoms with Crippen molar-refractivity contribution in [1.82, 2.24) is 0 Å². The Morgan fingerprint density at radius 1 is 0.667 bits per heavy atom. The summed E-state index contributed by atoms with van der Waals surface area (Å²) in [5.41, 5.74) is 11.0. The minimum Gasteiger partial charge on any atom is -0.0836 e. The van der Waals surface area contributed by atoms with E-state index in [0.717, 1.165) is 12.8 Å². The average molecular weight is 348 g/mol. The molecule has 2 aliphatic rings. The highest BCUT2D eigenvalue weighted by Gasteiger charge is 2.35. The molecule has 0 saturated carbocycles. The summed E-state index contributed by atoms with van der Waals surface area (Å²) in [5, 5.41) is 0. The number of rotatable bonds is 2. The highest BCUT2D eigenvalue weighted by atomic mass is 14.4. The van der Waals surface area contributed by atoms with Gasteiger partial charge in [-0.1, -0.05) is 86.7 Å². The van der Waals surface area contributed by atoms with Crippen LogP contribution in [0.15, 0.2) is 85.0 Å². The van der Waals surface area contributed by atoms with Crippen molar-refractivity contribution in [2.75, 3.05) is 0 Å². The molecule has 2 aliphatic carbocycles. The predicted octanol–water partition coefficient (Wildman–Crippen LogP) is 7.39. The Kier molecular flexibility index (Phi) is 3.68. The van der Waals surface area contributed by atoms with Gasteiger partial charge in [0.05, 0.1) is 0 Å². The summed E-state index contributed by atoms with van der Waals surface area (Å²) in [7, 11) is 0. The molecule has 0 amide bonds. The van der Waals surface area contributed by atoms with Gasteiger partial charge in [0.2, 0.25) is 0 Å². The molecular formula is C27H24. The topological polar surface area (TPSA) is 0 Å². The second-order valence-electron chi connectivity index (χ2n) is 8.15. The van der Waals surface area contributed by atoms with E-state index in [0.29, 0.717) is 0 Å². The molecule has 0 fully saturated rings. The normalized spacial score (nSPS) is 16.6. The lowest BCUT2D eigenvalue weighted by Crippen LogP contribution is -2.15. The summed E-state index contributed by atoms with van der Waals surface area (Å²) in [6.45, 7) is 4.72. The summed E-state index contributed by atoms with van der Waals surface area (Å²) < 4.78 is 0. The van der Waals surface area contributed by atoms with Crippen LogP contribution < -0.4 is 0 Å². The molecule has 27 heavy (non-hydrogen) atoms. The SMILES string of the molecule is CC1(C)c2cc(C3=CCCC=C3)ccc2-c2ccc(-c3ccccc3)cc21. The van der Waals surface area contributed by atoms with E-state index in [4.69, 9.17) is 0 Å². The van der Waals surface area contributed by atoms with Crippen LogP contribution >= 0.6 is 0 Å². The fraction of sp³-hybridized carbons (Fsp3) is 0.185. The summed E-state index contributed by atoms with van der Waals surface area (Å²) in [5.74, 6) is 0. The number of benzene rings is 3. The molecule has 0 aliphatic heterocycles. The van der Waals surface area contributed by atoms with E-state index in [1.54, 1.807) is 0 Å². The molecule has 5 rings (SSSR count). The maximum Gasteiger partial charge on any atom is 0.0159 e. The number of allylic oxidation sites excluding steroid dienone is 4. The van der Waals surface area contributed by atoms with Gasteiger partial charge in [0, 0.05) is 5.41 Å². The van der Waals surface area contributed by atoms with Gasteiger partial charge in [-0.25, -0.2) is 0 Å². The van der Waals surface area contributed by atoms with Gasteiger partial charge >= 0.3 is 0 Å². The van der Waals surface area contributed by atoms with E-state index in [2.05, 4.69) is 98.8 Å². The van der Waals surface area contributed by atoms with E-state index in [1.807, 2.05) is 0 Å². The van der Waals surface area contributed by atoms with E-state index in [9.17, 15) is 0 Å². The van der Waals surface area contributed by atoms with Crippen LogP contribution in [0.4, 0.5) is 0 Å². The zero-order valence-electron chi connectivity index (χ0n) is 16.0. The van der Waals surface area contributed by atoms with Gasteiger partial charge in [-0.15, -0.1) is 0 Å². The number of hydrogen-bond acceptors (Lipinski definition) is 0. The minimum absolute atomic E-state index is 0.0183. The monoisotopic (exact) mass is 348 g/mol. The summed E-state index contributed by atoms with van der Waals surface area (Å²) in [6.07, 6.45) is 9.23. The molecule has 0 nitrogen and oxygen atoms in total. The van der Waals surface area contributed by atoms with Gasteiger partial charge in [-0.05, 0) is 69.5 Å². The van der Waals surface area contributed by atoms with E-state index >= 15 is 0 Å². The molecule has 0 bridgehead atoms. The molecule has 0 saturated heterocycles. The maximum absolute atomic E-state index is 2.42. The number of fused-ring (bicyclic) bond motifs is 3. The minimum atomic E-state index is 0.0183. The molecule has 132 valence electrons. The van der Waals surface area contributed by atoms with Crippen LogP contribution in [0.1, 0.15) is 43.4 Å². The van der Waals surface area contributed by atoms with Gasteiger partial charge < -0.3 is 0 Å². The first kappa shape index (κ1) is 16.3. The lowest BCUT2D eigenvalue weighted by Gasteiger charge is -2.23. The molecule has 3 aromatic carbocycles. The summed E-state index contributed by atoms with van der Waals surface area (Å²) >= 11 is 0. The van der Waals surface area contributed by atoms with Gasteiger partial charge in [-0.3, -0.25) is 0 Å². The van der Waals surface area contributed by atoms with Crippen molar-refractivity contribution < 1.29 is 0 Å². The molecule has 0 spiro atoms. The maximum atomic E-state index is 2.42. The highest BCUT2D eigenvalue weighted by molar-refractivity contribution is 5.86.